The number of benzene rings is 2. The minimum Gasteiger partial charge on any atom is -0.367 e. The van der Waals surface area contributed by atoms with Crippen molar-refractivity contribution in [2.24, 2.45) is 0 Å². The summed E-state index contributed by atoms with van der Waals surface area (Å²) in [5.41, 5.74) is 3.09. The van der Waals surface area contributed by atoms with Crippen LogP contribution in [0.5, 0.6) is 0 Å². The molecule has 1 aromatic heterocycles. The van der Waals surface area contributed by atoms with Crippen molar-refractivity contribution < 1.29 is 4.79 Å². The number of anilines is 5. The van der Waals surface area contributed by atoms with Gasteiger partial charge >= 0.3 is 0 Å². The first kappa shape index (κ1) is 25.1. The molecule has 0 radical (unpaired) electrons. The maximum Gasteiger partial charge on any atom is 0.247 e. The lowest BCUT2D eigenvalue weighted by Crippen LogP contribution is -2.43. The molecule has 1 aliphatic rings. The predicted molar refractivity (Wildman–Crippen MR) is 144 cm³/mol. The van der Waals surface area contributed by atoms with Gasteiger partial charge in [-0.25, -0.2) is 4.98 Å². The van der Waals surface area contributed by atoms with Crippen LogP contribution in [0.3, 0.4) is 0 Å². The standard InChI is InChI=1S/C24H24Cl3N7O/c1-2-21(35)31-16-5-3-4-15(10-16)13-29-23-20(27)14-30-24(33-23)32-17-11-18(25)22(19(26)12-17)34-8-6-28-7-9-34/h2-5,10-12,14,28H,1,6-9,13H2,(H,31,35)(H2,29,30,32,33). The number of nitrogens with zero attached hydrogens (tertiary/aromatic N) is 3. The zero-order valence-electron chi connectivity index (χ0n) is 18.7. The molecule has 3 aromatic rings. The van der Waals surface area contributed by atoms with E-state index in [1.165, 1.54) is 12.3 Å². The molecule has 1 aliphatic heterocycles. The molecule has 2 heterocycles. The van der Waals surface area contributed by atoms with Crippen LogP contribution in [0.1, 0.15) is 5.56 Å². The minimum absolute atomic E-state index is 0.272. The Kier molecular flexibility index (Phi) is 8.30. The number of rotatable bonds is 8. The summed E-state index contributed by atoms with van der Waals surface area (Å²) >= 11 is 19.4. The fourth-order valence-corrected chi connectivity index (χ4v) is 4.53. The highest BCUT2D eigenvalue weighted by molar-refractivity contribution is 6.39. The summed E-state index contributed by atoms with van der Waals surface area (Å²) in [4.78, 5) is 22.5. The Morgan fingerprint density at radius 2 is 1.83 bits per heavy atom. The lowest BCUT2D eigenvalue weighted by atomic mass is 10.2. The van der Waals surface area contributed by atoms with E-state index in [1.807, 2.05) is 18.2 Å². The Balaban J connectivity index is 1.45. The van der Waals surface area contributed by atoms with Crippen molar-refractivity contribution in [1.82, 2.24) is 15.3 Å². The van der Waals surface area contributed by atoms with Crippen LogP contribution in [0.2, 0.25) is 15.1 Å². The third-order valence-corrected chi connectivity index (χ3v) is 6.14. The zero-order valence-corrected chi connectivity index (χ0v) is 21.0. The van der Waals surface area contributed by atoms with Crippen LogP contribution >= 0.6 is 34.8 Å². The normalized spacial score (nSPS) is 13.3. The van der Waals surface area contributed by atoms with Crippen molar-refractivity contribution in [3.63, 3.8) is 0 Å². The van der Waals surface area contributed by atoms with Crippen LogP contribution in [-0.4, -0.2) is 42.1 Å². The molecule has 35 heavy (non-hydrogen) atoms. The smallest absolute Gasteiger partial charge is 0.247 e. The highest BCUT2D eigenvalue weighted by atomic mass is 35.5. The Hall–Kier alpha value is -3.04. The third kappa shape index (κ3) is 6.55. The quantitative estimate of drug-likeness (QED) is 0.291. The topological polar surface area (TPSA) is 94.2 Å². The van der Waals surface area contributed by atoms with Gasteiger partial charge in [-0.3, -0.25) is 4.79 Å². The van der Waals surface area contributed by atoms with Crippen LogP contribution in [0.15, 0.2) is 55.3 Å². The fourth-order valence-electron chi connectivity index (χ4n) is 3.65. The molecule has 8 nitrogen and oxygen atoms in total. The average molecular weight is 533 g/mol. The molecule has 1 amide bonds. The first-order valence-corrected chi connectivity index (χ1v) is 12.1. The Labute approximate surface area is 218 Å². The van der Waals surface area contributed by atoms with E-state index in [0.717, 1.165) is 37.4 Å². The van der Waals surface area contributed by atoms with Crippen LogP contribution in [0, 0.1) is 0 Å². The summed E-state index contributed by atoms with van der Waals surface area (Å²) in [5.74, 6) is 0.524. The number of halogens is 3. The van der Waals surface area contributed by atoms with E-state index in [2.05, 4.69) is 42.7 Å². The number of carbonyl (C=O) groups excluding carboxylic acids is 1. The van der Waals surface area contributed by atoms with Crippen molar-refractivity contribution in [1.29, 1.82) is 0 Å². The van der Waals surface area contributed by atoms with Crippen LogP contribution < -0.4 is 26.2 Å². The van der Waals surface area contributed by atoms with E-state index in [0.29, 0.717) is 44.8 Å². The maximum absolute atomic E-state index is 11.5. The predicted octanol–water partition coefficient (Wildman–Crippen LogP) is 5.33. The first-order valence-electron chi connectivity index (χ1n) is 10.9. The van der Waals surface area contributed by atoms with Crippen LogP contribution in [0.4, 0.5) is 28.8 Å². The van der Waals surface area contributed by atoms with Gasteiger partial charge in [0.05, 0.1) is 21.9 Å². The summed E-state index contributed by atoms with van der Waals surface area (Å²) in [5, 5.41) is 13.9. The molecule has 2 aromatic carbocycles. The molecule has 0 spiro atoms. The largest absolute Gasteiger partial charge is 0.367 e. The Bertz CT molecular complexity index is 1210. The van der Waals surface area contributed by atoms with Crippen LogP contribution in [-0.2, 0) is 11.3 Å². The Morgan fingerprint density at radius 1 is 1.09 bits per heavy atom. The van der Waals surface area contributed by atoms with Crippen molar-refractivity contribution in [2.45, 2.75) is 6.54 Å². The molecule has 1 saturated heterocycles. The third-order valence-electron chi connectivity index (χ3n) is 5.29. The lowest BCUT2D eigenvalue weighted by molar-refractivity contribution is -0.111. The van der Waals surface area contributed by atoms with Gasteiger partial charge in [0.1, 0.15) is 5.02 Å². The number of hydrogen-bond acceptors (Lipinski definition) is 7. The number of hydrogen-bond donors (Lipinski definition) is 4. The van der Waals surface area contributed by atoms with Crippen molar-refractivity contribution in [3.8, 4) is 0 Å². The van der Waals surface area contributed by atoms with Crippen molar-refractivity contribution >= 4 is 69.5 Å². The van der Waals surface area contributed by atoms with Gasteiger partial charge in [-0.15, -0.1) is 0 Å². The molecule has 0 atom stereocenters. The van der Waals surface area contributed by atoms with E-state index in [-0.39, 0.29) is 5.91 Å². The summed E-state index contributed by atoms with van der Waals surface area (Å²) in [6.45, 7) is 7.34. The molecule has 0 saturated carbocycles. The summed E-state index contributed by atoms with van der Waals surface area (Å²) < 4.78 is 0. The molecule has 11 heteroatoms. The monoisotopic (exact) mass is 531 g/mol. The summed E-state index contributed by atoms with van der Waals surface area (Å²) in [6, 6.07) is 11.0. The van der Waals surface area contributed by atoms with Gasteiger partial charge in [-0.05, 0) is 35.9 Å². The molecule has 0 aliphatic carbocycles. The van der Waals surface area contributed by atoms with E-state index < -0.39 is 0 Å². The molecule has 4 rings (SSSR count). The second-order valence-corrected chi connectivity index (χ2v) is 9.01. The minimum atomic E-state index is -0.272. The van der Waals surface area contributed by atoms with E-state index >= 15 is 0 Å². The summed E-state index contributed by atoms with van der Waals surface area (Å²) in [7, 11) is 0. The molecule has 0 unspecified atom stereocenters. The molecule has 182 valence electrons. The van der Waals surface area contributed by atoms with Gasteiger partial charge in [-0.1, -0.05) is 53.5 Å². The molecule has 4 N–H and O–H groups in total. The average Bonchev–Trinajstić information content (AvgIpc) is 2.85. The van der Waals surface area contributed by atoms with Crippen LogP contribution in [0.25, 0.3) is 0 Å². The van der Waals surface area contributed by atoms with Gasteiger partial charge in [0.25, 0.3) is 0 Å². The van der Waals surface area contributed by atoms with Gasteiger partial charge in [0, 0.05) is 44.1 Å². The fraction of sp³-hybridized carbons (Fsp3) is 0.208. The Morgan fingerprint density at radius 3 is 2.54 bits per heavy atom. The molecular weight excluding hydrogens is 509 g/mol. The van der Waals surface area contributed by atoms with E-state index in [1.54, 1.807) is 18.2 Å². The molecule has 1 fully saturated rings. The van der Waals surface area contributed by atoms with Gasteiger partial charge < -0.3 is 26.2 Å². The second kappa shape index (κ2) is 11.6. The van der Waals surface area contributed by atoms with Crippen molar-refractivity contribution in [2.75, 3.05) is 47.0 Å². The zero-order chi connectivity index (χ0) is 24.8. The van der Waals surface area contributed by atoms with Gasteiger partial charge in [0.2, 0.25) is 11.9 Å². The molecular formula is C24H24Cl3N7O. The first-order chi connectivity index (χ1) is 16.9. The lowest BCUT2D eigenvalue weighted by Gasteiger charge is -2.31. The van der Waals surface area contributed by atoms with Gasteiger partial charge in [-0.2, -0.15) is 4.98 Å². The van der Waals surface area contributed by atoms with E-state index in [4.69, 9.17) is 34.8 Å². The van der Waals surface area contributed by atoms with Crippen molar-refractivity contribution in [3.05, 3.63) is 75.9 Å². The highest BCUT2D eigenvalue weighted by Gasteiger charge is 2.18. The summed E-state index contributed by atoms with van der Waals surface area (Å²) in [6.07, 6.45) is 2.73. The SMILES string of the molecule is C=CC(=O)Nc1cccc(CNc2nc(Nc3cc(Cl)c(N4CCNCC4)c(Cl)c3)ncc2Cl)c1. The number of amides is 1. The van der Waals surface area contributed by atoms with Gasteiger partial charge in [0.15, 0.2) is 5.82 Å². The molecule has 0 bridgehead atoms. The number of nitrogens with one attached hydrogen (secondary N) is 4. The highest BCUT2D eigenvalue weighted by Crippen LogP contribution is 2.37. The number of aromatic nitrogens is 2. The number of carbonyl (C=O) groups is 1. The maximum atomic E-state index is 11.5. The van der Waals surface area contributed by atoms with E-state index in [9.17, 15) is 4.79 Å². The second-order valence-electron chi connectivity index (χ2n) is 7.79. The number of piperazine rings is 1.